The van der Waals surface area contributed by atoms with Crippen LogP contribution in [0.3, 0.4) is 0 Å². The maximum atomic E-state index is 15.6. The van der Waals surface area contributed by atoms with Crippen molar-refractivity contribution in [3.63, 3.8) is 0 Å². The molecule has 5 atom stereocenters. The summed E-state index contributed by atoms with van der Waals surface area (Å²) < 4.78 is 37.2. The van der Waals surface area contributed by atoms with Crippen LogP contribution in [-0.4, -0.2) is 70.8 Å². The lowest BCUT2D eigenvalue weighted by molar-refractivity contribution is 0.153. The minimum atomic E-state index is -1.61. The van der Waals surface area contributed by atoms with Gasteiger partial charge in [0.15, 0.2) is 0 Å². The highest BCUT2D eigenvalue weighted by Gasteiger charge is 2.46. The Morgan fingerprint density at radius 1 is 1.31 bits per heavy atom. The van der Waals surface area contributed by atoms with Gasteiger partial charge >= 0.3 is 5.69 Å². The first-order chi connectivity index (χ1) is 13.8. The topological polar surface area (TPSA) is 114 Å². The molecule has 0 spiro atoms. The Morgan fingerprint density at radius 2 is 2.00 bits per heavy atom. The Kier molecular flexibility index (Phi) is 5.12. The molecule has 0 amide bonds. The lowest BCUT2D eigenvalue weighted by Crippen LogP contribution is -2.62. The number of rotatable bonds is 5. The van der Waals surface area contributed by atoms with Crippen LogP contribution >= 0.6 is 0 Å². The maximum absolute atomic E-state index is 15.6. The molecule has 0 aromatic carbocycles. The van der Waals surface area contributed by atoms with Crippen LogP contribution in [0.2, 0.25) is 0 Å². The molecule has 1 aromatic heterocycles. The third-order valence-corrected chi connectivity index (χ3v) is 6.34. The van der Waals surface area contributed by atoms with Crippen molar-refractivity contribution in [3.05, 3.63) is 31.4 Å². The number of halogens is 2. The van der Waals surface area contributed by atoms with E-state index < -0.39 is 41.6 Å². The third-order valence-electron chi connectivity index (χ3n) is 6.34. The summed E-state index contributed by atoms with van der Waals surface area (Å²) in [6.45, 7) is 1.21. The van der Waals surface area contributed by atoms with E-state index in [1.807, 2.05) is 0 Å². The zero-order valence-electron chi connectivity index (χ0n) is 16.4. The summed E-state index contributed by atoms with van der Waals surface area (Å²) in [4.78, 5) is 28.9. The van der Waals surface area contributed by atoms with Gasteiger partial charge in [-0.05, 0) is 25.3 Å². The van der Waals surface area contributed by atoms with Crippen LogP contribution in [0.1, 0.15) is 25.8 Å². The molecule has 8 nitrogen and oxygen atoms in total. The fourth-order valence-electron chi connectivity index (χ4n) is 4.64. The van der Waals surface area contributed by atoms with E-state index in [1.165, 1.54) is 18.6 Å². The smallest absolute Gasteiger partial charge is 0.329 e. The highest BCUT2D eigenvalue weighted by Crippen LogP contribution is 2.34. The zero-order valence-corrected chi connectivity index (χ0v) is 16.4. The molecule has 1 aliphatic heterocycles. The van der Waals surface area contributed by atoms with E-state index in [4.69, 9.17) is 10.5 Å². The molecular weight excluding hydrogens is 386 g/mol. The molecule has 5 unspecified atom stereocenters. The van der Waals surface area contributed by atoms with Gasteiger partial charge in [-0.25, -0.2) is 13.6 Å². The van der Waals surface area contributed by atoms with Crippen molar-refractivity contribution in [2.75, 3.05) is 26.8 Å². The van der Waals surface area contributed by atoms with Gasteiger partial charge in [-0.15, -0.1) is 0 Å². The van der Waals surface area contributed by atoms with Gasteiger partial charge in [0.05, 0.1) is 24.3 Å². The Morgan fingerprint density at radius 3 is 2.59 bits per heavy atom. The molecule has 1 saturated heterocycles. The van der Waals surface area contributed by atoms with E-state index in [0.717, 1.165) is 12.8 Å². The van der Waals surface area contributed by atoms with E-state index >= 15 is 4.39 Å². The number of ether oxygens (including phenoxy) is 1. The Balaban J connectivity index is 1.92. The largest absolute Gasteiger partial charge is 0.497 e. The average molecular weight is 412 g/mol. The Labute approximate surface area is 165 Å². The second kappa shape index (κ2) is 7.33. The molecule has 2 heterocycles. The van der Waals surface area contributed by atoms with Crippen LogP contribution in [0.15, 0.2) is 9.59 Å². The first kappa shape index (κ1) is 20.2. The van der Waals surface area contributed by atoms with E-state index in [0.29, 0.717) is 0 Å². The summed E-state index contributed by atoms with van der Waals surface area (Å²) in [5.41, 5.74) is 4.81. The minimum Gasteiger partial charge on any atom is -0.497 e. The summed E-state index contributed by atoms with van der Waals surface area (Å²) in [6, 6.07) is -1.81. The average Bonchev–Trinajstić information content (AvgIpc) is 3.44. The van der Waals surface area contributed by atoms with Crippen LogP contribution in [0, 0.1) is 5.92 Å². The van der Waals surface area contributed by atoms with E-state index in [9.17, 15) is 19.1 Å². The molecule has 4 N–H and O–H groups in total. The van der Waals surface area contributed by atoms with Crippen LogP contribution in [0.4, 0.5) is 8.78 Å². The van der Waals surface area contributed by atoms with Gasteiger partial charge < -0.3 is 15.6 Å². The van der Waals surface area contributed by atoms with Gasteiger partial charge in [-0.1, -0.05) is 0 Å². The number of aromatic amines is 1. The van der Waals surface area contributed by atoms with Crippen molar-refractivity contribution in [1.29, 1.82) is 0 Å². The first-order valence-corrected chi connectivity index (χ1v) is 9.82. The number of nitrogens with zero attached hydrogens (tertiary/aromatic N) is 2. The van der Waals surface area contributed by atoms with Crippen molar-refractivity contribution >= 4 is 11.3 Å². The molecular formula is C19H26F2N4O4. The number of aliphatic hydroxyl groups is 1. The fraction of sp³-hybridized carbons (Fsp3) is 0.684. The number of fused-ring (bicyclic) bond motifs is 1. The van der Waals surface area contributed by atoms with Gasteiger partial charge in [-0.2, -0.15) is 0 Å². The Bertz CT molecular complexity index is 1050. The van der Waals surface area contributed by atoms with Crippen LogP contribution in [-0.2, 0) is 4.74 Å². The van der Waals surface area contributed by atoms with Crippen LogP contribution in [0.5, 0.6) is 0 Å². The summed E-state index contributed by atoms with van der Waals surface area (Å²) in [5, 5.41) is 9.69. The monoisotopic (exact) mass is 412 g/mol. The molecule has 1 aromatic rings. The van der Waals surface area contributed by atoms with Crippen molar-refractivity contribution in [2.45, 2.75) is 50.2 Å². The number of hydrogen-bond acceptors (Lipinski definition) is 6. The first-order valence-electron chi connectivity index (χ1n) is 9.82. The van der Waals surface area contributed by atoms with Gasteiger partial charge in [-0.3, -0.25) is 19.2 Å². The number of nitrogens with two attached hydrogens (primary N) is 1. The number of hydrogen-bond donors (Lipinski definition) is 3. The minimum absolute atomic E-state index is 0.0736. The van der Waals surface area contributed by atoms with Crippen molar-refractivity contribution in [1.82, 2.24) is 14.5 Å². The fourth-order valence-corrected chi connectivity index (χ4v) is 4.64. The zero-order chi connectivity index (χ0) is 21.0. The predicted molar refractivity (Wildman–Crippen MR) is 102 cm³/mol. The second-order valence-electron chi connectivity index (χ2n) is 8.16. The molecule has 4 rings (SSSR count). The quantitative estimate of drug-likeness (QED) is 0.521. The number of nitrogens with one attached hydrogen (secondary N) is 1. The number of likely N-dealkylation sites (tertiary alicyclic amines) is 1. The number of aliphatic hydroxyl groups excluding tert-OH is 1. The van der Waals surface area contributed by atoms with Crippen LogP contribution in [0.25, 0.3) is 11.3 Å². The van der Waals surface area contributed by atoms with E-state index in [1.54, 1.807) is 4.90 Å². The molecule has 3 aliphatic rings. The SMILES string of the molecule is COC1=c2c(c(=O)[nH]c(=O)n2C2CC2)=C(C)C(F)C1N1CC(F)C(C(N)CO)C1. The molecule has 0 bridgehead atoms. The highest BCUT2D eigenvalue weighted by atomic mass is 19.1. The number of alkyl halides is 2. The van der Waals surface area contributed by atoms with Gasteiger partial charge in [0.2, 0.25) is 0 Å². The summed E-state index contributed by atoms with van der Waals surface area (Å²) >= 11 is 0. The molecule has 160 valence electrons. The van der Waals surface area contributed by atoms with Gasteiger partial charge in [0.25, 0.3) is 5.56 Å². The lowest BCUT2D eigenvalue weighted by atomic mass is 9.94. The second-order valence-corrected chi connectivity index (χ2v) is 8.16. The number of H-pyrrole nitrogens is 1. The molecule has 10 heteroatoms. The highest BCUT2D eigenvalue weighted by molar-refractivity contribution is 5.60. The maximum Gasteiger partial charge on any atom is 0.329 e. The third kappa shape index (κ3) is 3.13. The summed E-state index contributed by atoms with van der Waals surface area (Å²) in [6.07, 6.45) is -1.38. The summed E-state index contributed by atoms with van der Waals surface area (Å²) in [7, 11) is 1.36. The van der Waals surface area contributed by atoms with E-state index in [2.05, 4.69) is 4.98 Å². The van der Waals surface area contributed by atoms with Gasteiger partial charge in [0, 0.05) is 31.1 Å². The molecule has 0 radical (unpaired) electrons. The van der Waals surface area contributed by atoms with Gasteiger partial charge in [0.1, 0.15) is 24.1 Å². The normalized spacial score (nSPS) is 31.1. The van der Waals surface area contributed by atoms with Crippen molar-refractivity contribution in [3.8, 4) is 0 Å². The molecule has 2 aliphatic carbocycles. The standard InChI is InChI=1S/C19H26F2N4O4/c1-8-13-15(25(9-3-4-9)19(28)23-18(13)27)17(29-2)16(14(8)21)24-5-10(11(20)6-24)12(22)7-26/h9-12,14,16,26H,3-7,22H2,1-2H3,(H,23,27,28). The Hall–Kier alpha value is -2.04. The molecule has 2 fully saturated rings. The lowest BCUT2D eigenvalue weighted by Gasteiger charge is -2.34. The molecule has 29 heavy (non-hydrogen) atoms. The summed E-state index contributed by atoms with van der Waals surface area (Å²) in [5.74, 6) is -0.490. The number of aromatic nitrogens is 2. The van der Waals surface area contributed by atoms with E-state index in [-0.39, 0.29) is 47.6 Å². The van der Waals surface area contributed by atoms with Crippen molar-refractivity contribution in [2.24, 2.45) is 11.7 Å². The number of methoxy groups -OCH3 is 1. The predicted octanol–water partition coefficient (Wildman–Crippen LogP) is -1.89. The van der Waals surface area contributed by atoms with Crippen molar-refractivity contribution < 1.29 is 18.6 Å². The van der Waals surface area contributed by atoms with Crippen LogP contribution < -0.4 is 27.6 Å². The molecule has 1 saturated carbocycles.